The Bertz CT molecular complexity index is 1340. The minimum absolute atomic E-state index is 0.0761. The predicted octanol–water partition coefficient (Wildman–Crippen LogP) is -3.03. The summed E-state index contributed by atoms with van der Waals surface area (Å²) in [7, 11) is 0. The summed E-state index contributed by atoms with van der Waals surface area (Å²) in [4.78, 5) is 91.0. The van der Waals surface area contributed by atoms with Crippen LogP contribution in [0.15, 0.2) is 9.59 Å². The van der Waals surface area contributed by atoms with E-state index in [1.807, 2.05) is 0 Å². The predicted molar refractivity (Wildman–Crippen MR) is 190 cm³/mol. The van der Waals surface area contributed by atoms with Crippen LogP contribution in [0.5, 0.6) is 0 Å². The highest BCUT2D eigenvalue weighted by molar-refractivity contribution is 5.88. The fourth-order valence-corrected chi connectivity index (χ4v) is 5.58. The van der Waals surface area contributed by atoms with Crippen LogP contribution in [-0.4, -0.2) is 175 Å². The maximum absolute atomic E-state index is 13.1. The van der Waals surface area contributed by atoms with E-state index in [4.69, 9.17) is 5.73 Å². The van der Waals surface area contributed by atoms with E-state index in [1.54, 1.807) is 19.6 Å². The number of nitrogens with zero attached hydrogens (tertiary/aromatic N) is 4. The number of carbonyl (C=O) groups excluding carboxylic acids is 2. The van der Waals surface area contributed by atoms with Gasteiger partial charge in [0.25, 0.3) is 10.9 Å². The fraction of sp³-hybridized carbons (Fsp3) is 0.719. The standard InChI is InChI=1S/C32H55N9O10/c1-22(2)5-3-4-6-34-28-29(31(50)30(28)49)35-7-8-36-32(51)23(17-33)37-24(42)18-38-9-11-39(19-25(43)44)13-15-41(21-27(47)48)16-14-40(12-10-38)20-26(45)46/h22-23,34-35H,3-21,33H2,1-2H3,(H,36,51)(H,37,42)(H,43,44)(H,45,46)(H,47,48)/t23-/m1/s1. The highest BCUT2D eigenvalue weighted by Gasteiger charge is 2.24. The summed E-state index contributed by atoms with van der Waals surface area (Å²) in [5, 5.41) is 39.3. The first-order valence-corrected chi connectivity index (χ1v) is 17.3. The molecule has 1 aliphatic rings. The third kappa shape index (κ3) is 16.6. The van der Waals surface area contributed by atoms with E-state index >= 15 is 0 Å². The van der Waals surface area contributed by atoms with Crippen molar-refractivity contribution < 1.29 is 39.3 Å². The second-order valence-corrected chi connectivity index (χ2v) is 13.1. The van der Waals surface area contributed by atoms with Crippen LogP contribution >= 0.6 is 0 Å². The Labute approximate surface area is 297 Å². The van der Waals surface area contributed by atoms with Gasteiger partial charge >= 0.3 is 17.9 Å². The molecule has 0 aliphatic carbocycles. The zero-order valence-corrected chi connectivity index (χ0v) is 29.7. The summed E-state index contributed by atoms with van der Waals surface area (Å²) in [6.45, 7) is 5.67. The van der Waals surface area contributed by atoms with Crippen molar-refractivity contribution in [3.05, 3.63) is 20.4 Å². The summed E-state index contributed by atoms with van der Waals surface area (Å²) in [6.07, 6.45) is 2.93. The van der Waals surface area contributed by atoms with Gasteiger partial charge in [0.1, 0.15) is 17.4 Å². The molecule has 1 saturated heterocycles. The first kappa shape index (κ1) is 43.0. The van der Waals surface area contributed by atoms with Crippen LogP contribution in [0.1, 0.15) is 33.1 Å². The molecule has 9 N–H and O–H groups in total. The van der Waals surface area contributed by atoms with Gasteiger partial charge in [0.15, 0.2) is 0 Å². The van der Waals surface area contributed by atoms with Crippen molar-refractivity contribution in [3.8, 4) is 0 Å². The van der Waals surface area contributed by atoms with Crippen molar-refractivity contribution in [2.45, 2.75) is 39.2 Å². The molecule has 1 fully saturated rings. The van der Waals surface area contributed by atoms with Crippen LogP contribution in [-0.2, 0) is 24.0 Å². The minimum Gasteiger partial charge on any atom is -0.480 e. The maximum atomic E-state index is 13.1. The number of anilines is 2. The molecule has 0 bridgehead atoms. The van der Waals surface area contributed by atoms with E-state index in [-0.39, 0.29) is 110 Å². The molecule has 1 heterocycles. The average molecular weight is 726 g/mol. The fourth-order valence-electron chi connectivity index (χ4n) is 5.58. The van der Waals surface area contributed by atoms with E-state index in [1.165, 1.54) is 0 Å². The molecule has 1 aromatic rings. The number of carbonyl (C=O) groups is 5. The van der Waals surface area contributed by atoms with Gasteiger partial charge in [-0.05, 0) is 12.3 Å². The average Bonchev–Trinajstić information content (AvgIpc) is 3.05. The molecule has 1 aromatic carbocycles. The van der Waals surface area contributed by atoms with Crippen molar-refractivity contribution in [2.24, 2.45) is 11.7 Å². The smallest absolute Gasteiger partial charge is 0.317 e. The van der Waals surface area contributed by atoms with E-state index < -0.39 is 46.6 Å². The second kappa shape index (κ2) is 22.6. The molecule has 0 unspecified atom stereocenters. The highest BCUT2D eigenvalue weighted by Crippen LogP contribution is 2.14. The lowest BCUT2D eigenvalue weighted by Gasteiger charge is -2.33. The van der Waals surface area contributed by atoms with Gasteiger partial charge in [0.2, 0.25) is 11.8 Å². The summed E-state index contributed by atoms with van der Waals surface area (Å²) >= 11 is 0. The van der Waals surface area contributed by atoms with Gasteiger partial charge in [0.05, 0.1) is 26.2 Å². The summed E-state index contributed by atoms with van der Waals surface area (Å²) in [5.74, 6) is -3.68. The first-order valence-electron chi connectivity index (χ1n) is 17.3. The highest BCUT2D eigenvalue weighted by atomic mass is 16.4. The number of rotatable bonds is 21. The molecular formula is C32H55N9O10. The third-order valence-electron chi connectivity index (χ3n) is 8.41. The molecule has 1 aliphatic heterocycles. The normalized spacial score (nSPS) is 16.5. The maximum Gasteiger partial charge on any atom is 0.317 e. The number of nitrogens with one attached hydrogen (secondary N) is 4. The molecule has 0 aromatic heterocycles. The number of carboxylic acids is 3. The molecule has 2 rings (SSSR count). The molecule has 2 amide bonds. The Hall–Kier alpha value is -4.17. The van der Waals surface area contributed by atoms with Gasteiger partial charge in [-0.2, -0.15) is 0 Å². The molecular weight excluding hydrogens is 670 g/mol. The van der Waals surface area contributed by atoms with Gasteiger partial charge in [-0.15, -0.1) is 0 Å². The van der Waals surface area contributed by atoms with E-state index in [9.17, 15) is 48.9 Å². The van der Waals surface area contributed by atoms with Gasteiger partial charge in [0, 0.05) is 78.5 Å². The van der Waals surface area contributed by atoms with E-state index in [2.05, 4.69) is 35.1 Å². The summed E-state index contributed by atoms with van der Waals surface area (Å²) in [6, 6.07) is -1.08. The quantitative estimate of drug-likeness (QED) is 0.0463. The molecule has 288 valence electrons. The molecule has 19 nitrogen and oxygen atoms in total. The van der Waals surface area contributed by atoms with Gasteiger partial charge in [-0.25, -0.2) is 0 Å². The molecule has 51 heavy (non-hydrogen) atoms. The Morgan fingerprint density at radius 3 is 1.45 bits per heavy atom. The topological polar surface area (TPSA) is 267 Å². The van der Waals surface area contributed by atoms with Crippen LogP contribution in [0.3, 0.4) is 0 Å². The van der Waals surface area contributed by atoms with Crippen LogP contribution < -0.4 is 37.9 Å². The second-order valence-electron chi connectivity index (χ2n) is 13.1. The lowest BCUT2D eigenvalue weighted by Crippen LogP contribution is -2.54. The van der Waals surface area contributed by atoms with Crippen LogP contribution in [0.2, 0.25) is 0 Å². The van der Waals surface area contributed by atoms with Gasteiger partial charge in [-0.1, -0.05) is 26.7 Å². The molecule has 0 saturated carbocycles. The minimum atomic E-state index is -1.08. The SMILES string of the molecule is CC(C)CCCCNc1c(NCCNC(=O)[C@@H](CN)NC(=O)CN2CCN(CC(=O)O)CCN(CC(=O)O)CCN(CC(=O)O)CC2)c(=O)c1=O. The number of aliphatic carboxylic acids is 3. The van der Waals surface area contributed by atoms with Crippen LogP contribution in [0.25, 0.3) is 0 Å². The summed E-state index contributed by atoms with van der Waals surface area (Å²) < 4.78 is 0. The zero-order chi connectivity index (χ0) is 37.9. The Morgan fingerprint density at radius 2 is 1.06 bits per heavy atom. The molecule has 0 radical (unpaired) electrons. The number of hydrogen-bond donors (Lipinski definition) is 8. The largest absolute Gasteiger partial charge is 0.480 e. The van der Waals surface area contributed by atoms with Crippen molar-refractivity contribution in [3.63, 3.8) is 0 Å². The zero-order valence-electron chi connectivity index (χ0n) is 29.7. The summed E-state index contributed by atoms with van der Waals surface area (Å²) in [5.41, 5.74) is 5.00. The molecule has 0 spiro atoms. The van der Waals surface area contributed by atoms with Crippen molar-refractivity contribution >= 4 is 41.1 Å². The monoisotopic (exact) mass is 725 g/mol. The third-order valence-corrected chi connectivity index (χ3v) is 8.41. The van der Waals surface area contributed by atoms with E-state index in [0.29, 0.717) is 12.5 Å². The number of nitrogens with two attached hydrogens (primary N) is 1. The van der Waals surface area contributed by atoms with Gasteiger partial charge in [-0.3, -0.25) is 53.2 Å². The molecule has 19 heteroatoms. The van der Waals surface area contributed by atoms with Crippen LogP contribution in [0, 0.1) is 5.92 Å². The Kier molecular flexibility index (Phi) is 19.1. The number of unbranched alkanes of at least 4 members (excludes halogenated alkanes) is 1. The first-order chi connectivity index (χ1) is 24.2. The number of carboxylic acid groups (broad SMARTS) is 3. The Balaban J connectivity index is 1.94. The lowest BCUT2D eigenvalue weighted by atomic mass is 10.1. The lowest BCUT2D eigenvalue weighted by molar-refractivity contribution is -0.140. The van der Waals surface area contributed by atoms with Crippen molar-refractivity contribution in [1.29, 1.82) is 0 Å². The van der Waals surface area contributed by atoms with Crippen molar-refractivity contribution in [1.82, 2.24) is 30.2 Å². The van der Waals surface area contributed by atoms with E-state index in [0.717, 1.165) is 19.3 Å². The van der Waals surface area contributed by atoms with Crippen LogP contribution in [0.4, 0.5) is 11.4 Å². The van der Waals surface area contributed by atoms with Gasteiger partial charge < -0.3 is 42.3 Å². The number of hydrogen-bond acceptors (Lipinski definition) is 14. The number of amides is 2. The molecule has 1 atom stereocenters. The van der Waals surface area contributed by atoms with Crippen molar-refractivity contribution in [2.75, 3.05) is 115 Å². The Morgan fingerprint density at radius 1 is 0.647 bits per heavy atom.